The molecule has 29 heavy (non-hydrogen) atoms. The van der Waals surface area contributed by atoms with E-state index in [2.05, 4.69) is 15.3 Å². The van der Waals surface area contributed by atoms with E-state index in [-0.39, 0.29) is 42.1 Å². The zero-order valence-electron chi connectivity index (χ0n) is 14.9. The van der Waals surface area contributed by atoms with Crippen molar-refractivity contribution < 1.29 is 9.72 Å². The minimum absolute atomic E-state index is 0. The van der Waals surface area contributed by atoms with Gasteiger partial charge in [-0.1, -0.05) is 23.7 Å². The standard InChI is InChI=1S/C17H16ClN7O3.ClH/c18-11-4-2-5-12(8-11)24-14(22-16(19)23-17(24)20)9-21-15(26)10-3-1-6-13(7-10)25(27)28;/h1-8,14H,9H2,(H,21,26)(H4,19,20,22,23);1H. The summed E-state index contributed by atoms with van der Waals surface area (Å²) in [6, 6.07) is 12.3. The highest BCUT2D eigenvalue weighted by atomic mass is 35.5. The van der Waals surface area contributed by atoms with E-state index >= 15 is 0 Å². The molecule has 2 aromatic carbocycles. The third kappa shape index (κ3) is 5.12. The first-order chi connectivity index (χ1) is 13.3. The number of nitro benzene ring substituents is 1. The Bertz CT molecular complexity index is 996. The maximum absolute atomic E-state index is 12.4. The Morgan fingerprint density at radius 1 is 1.24 bits per heavy atom. The maximum Gasteiger partial charge on any atom is 0.270 e. The van der Waals surface area contributed by atoms with E-state index in [4.69, 9.17) is 23.1 Å². The van der Waals surface area contributed by atoms with Gasteiger partial charge in [0.2, 0.25) is 11.9 Å². The first-order valence-electron chi connectivity index (χ1n) is 8.10. The molecular weight excluding hydrogens is 421 g/mol. The molecule has 1 aliphatic heterocycles. The van der Waals surface area contributed by atoms with Gasteiger partial charge in [0.1, 0.15) is 6.17 Å². The van der Waals surface area contributed by atoms with E-state index in [0.29, 0.717) is 10.7 Å². The van der Waals surface area contributed by atoms with Crippen molar-refractivity contribution in [1.29, 1.82) is 0 Å². The number of carbonyl (C=O) groups is 1. The van der Waals surface area contributed by atoms with E-state index < -0.39 is 17.0 Å². The highest BCUT2D eigenvalue weighted by Crippen LogP contribution is 2.23. The lowest BCUT2D eigenvalue weighted by Crippen LogP contribution is -2.52. The second-order valence-corrected chi connectivity index (χ2v) is 6.24. The van der Waals surface area contributed by atoms with Crippen molar-refractivity contribution in [2.45, 2.75) is 6.17 Å². The van der Waals surface area contributed by atoms with Crippen LogP contribution in [0, 0.1) is 10.1 Å². The van der Waals surface area contributed by atoms with E-state index in [1.54, 1.807) is 29.2 Å². The summed E-state index contributed by atoms with van der Waals surface area (Å²) in [5.41, 5.74) is 12.3. The van der Waals surface area contributed by atoms with Crippen molar-refractivity contribution in [3.8, 4) is 0 Å². The second kappa shape index (κ2) is 9.22. The molecule has 0 bridgehead atoms. The molecule has 0 aromatic heterocycles. The largest absolute Gasteiger partial charge is 0.369 e. The number of nitrogens with two attached hydrogens (primary N) is 2. The average Bonchev–Trinajstić information content (AvgIpc) is 2.65. The van der Waals surface area contributed by atoms with Crippen molar-refractivity contribution in [3.63, 3.8) is 0 Å². The van der Waals surface area contributed by atoms with Gasteiger partial charge in [0.05, 0.1) is 11.5 Å². The molecule has 1 heterocycles. The molecular formula is C17H17Cl2N7O3. The molecule has 2 aromatic rings. The normalized spacial score (nSPS) is 15.6. The number of nitrogens with zero attached hydrogens (tertiary/aromatic N) is 4. The molecule has 5 N–H and O–H groups in total. The van der Waals surface area contributed by atoms with Crippen LogP contribution in [0.3, 0.4) is 0 Å². The lowest BCUT2D eigenvalue weighted by Gasteiger charge is -2.32. The topological polar surface area (TPSA) is 152 Å². The van der Waals surface area contributed by atoms with Gasteiger partial charge in [0.25, 0.3) is 11.6 Å². The first-order valence-corrected chi connectivity index (χ1v) is 8.48. The molecule has 0 fully saturated rings. The molecule has 0 saturated carbocycles. The molecule has 3 rings (SSSR count). The number of amides is 1. The number of aliphatic imine (C=N–C) groups is 2. The average molecular weight is 438 g/mol. The van der Waals surface area contributed by atoms with E-state index in [0.717, 1.165) is 0 Å². The smallest absolute Gasteiger partial charge is 0.270 e. The van der Waals surface area contributed by atoms with E-state index in [1.165, 1.54) is 24.3 Å². The number of benzene rings is 2. The summed E-state index contributed by atoms with van der Waals surface area (Å²) in [6.45, 7) is 0.0327. The predicted octanol–water partition coefficient (Wildman–Crippen LogP) is 1.88. The van der Waals surface area contributed by atoms with Crippen LogP contribution in [0.2, 0.25) is 5.02 Å². The van der Waals surface area contributed by atoms with Crippen LogP contribution in [0.25, 0.3) is 0 Å². The number of carbonyl (C=O) groups excluding carboxylic acids is 1. The summed E-state index contributed by atoms with van der Waals surface area (Å²) in [5, 5.41) is 14.1. The number of nitrogens with one attached hydrogen (secondary N) is 1. The minimum atomic E-state index is -0.668. The minimum Gasteiger partial charge on any atom is -0.369 e. The number of hydrogen-bond acceptors (Lipinski definition) is 8. The molecule has 0 radical (unpaired) electrons. The fourth-order valence-electron chi connectivity index (χ4n) is 2.68. The van der Waals surface area contributed by atoms with Crippen molar-refractivity contribution >= 4 is 53.2 Å². The molecule has 152 valence electrons. The van der Waals surface area contributed by atoms with Gasteiger partial charge >= 0.3 is 0 Å². The molecule has 1 atom stereocenters. The Morgan fingerprint density at radius 3 is 2.66 bits per heavy atom. The summed E-state index contributed by atoms with van der Waals surface area (Å²) in [4.78, 5) is 32.5. The molecule has 10 nitrogen and oxygen atoms in total. The molecule has 0 spiro atoms. The van der Waals surface area contributed by atoms with Gasteiger partial charge in [0.15, 0.2) is 0 Å². The van der Waals surface area contributed by atoms with Crippen LogP contribution < -0.4 is 21.7 Å². The predicted molar refractivity (Wildman–Crippen MR) is 114 cm³/mol. The molecule has 0 aliphatic carbocycles. The van der Waals surface area contributed by atoms with Crippen LogP contribution in [0.15, 0.2) is 58.5 Å². The molecule has 1 amide bonds. The number of halogens is 2. The zero-order valence-corrected chi connectivity index (χ0v) is 16.4. The van der Waals surface area contributed by atoms with Crippen molar-refractivity contribution in [2.75, 3.05) is 11.4 Å². The molecule has 12 heteroatoms. The number of hydrogen-bond donors (Lipinski definition) is 3. The van der Waals surface area contributed by atoms with Crippen molar-refractivity contribution in [2.24, 2.45) is 21.5 Å². The summed E-state index contributed by atoms with van der Waals surface area (Å²) >= 11 is 6.04. The van der Waals surface area contributed by atoms with Crippen molar-refractivity contribution in [1.82, 2.24) is 5.32 Å². The molecule has 0 saturated heterocycles. The van der Waals surface area contributed by atoms with Crippen LogP contribution in [0.4, 0.5) is 11.4 Å². The fourth-order valence-corrected chi connectivity index (χ4v) is 2.86. The quantitative estimate of drug-likeness (QED) is 0.479. The van der Waals surface area contributed by atoms with E-state index in [1.807, 2.05) is 0 Å². The molecule has 1 unspecified atom stereocenters. The monoisotopic (exact) mass is 437 g/mol. The van der Waals surface area contributed by atoms with Gasteiger partial charge in [-0.15, -0.1) is 12.4 Å². The van der Waals surface area contributed by atoms with Gasteiger partial charge in [-0.25, -0.2) is 4.99 Å². The third-order valence-corrected chi connectivity index (χ3v) is 4.14. The Kier molecular flexibility index (Phi) is 6.97. The second-order valence-electron chi connectivity index (χ2n) is 5.81. The van der Waals surface area contributed by atoms with E-state index in [9.17, 15) is 14.9 Å². The third-order valence-electron chi connectivity index (χ3n) is 3.91. The van der Waals surface area contributed by atoms with Crippen LogP contribution >= 0.6 is 24.0 Å². The van der Waals surface area contributed by atoms with Gasteiger partial charge < -0.3 is 16.8 Å². The van der Waals surface area contributed by atoms with Crippen LogP contribution in [0.1, 0.15) is 10.4 Å². The van der Waals surface area contributed by atoms with Gasteiger partial charge in [0, 0.05) is 28.4 Å². The number of anilines is 1. The summed E-state index contributed by atoms with van der Waals surface area (Å²) in [6.07, 6.45) is -0.668. The summed E-state index contributed by atoms with van der Waals surface area (Å²) in [5.74, 6) is -0.417. The summed E-state index contributed by atoms with van der Waals surface area (Å²) < 4.78 is 0. The number of rotatable bonds is 5. The maximum atomic E-state index is 12.4. The SMILES string of the molecule is Cl.NC1=NC(CNC(=O)c2cccc([N+](=O)[O-])c2)N(c2cccc(Cl)c2)C(N)=N1. The molecule has 1 aliphatic rings. The highest BCUT2D eigenvalue weighted by molar-refractivity contribution is 6.31. The zero-order chi connectivity index (χ0) is 20.3. The Labute approximate surface area is 176 Å². The van der Waals surface area contributed by atoms with Gasteiger partial charge in [-0.05, 0) is 24.3 Å². The fraction of sp³-hybridized carbons (Fsp3) is 0.118. The number of nitro groups is 1. The van der Waals surface area contributed by atoms with Crippen LogP contribution in [0.5, 0.6) is 0 Å². The lowest BCUT2D eigenvalue weighted by molar-refractivity contribution is -0.384. The van der Waals surface area contributed by atoms with Crippen LogP contribution in [-0.4, -0.2) is 35.5 Å². The van der Waals surface area contributed by atoms with Crippen molar-refractivity contribution in [3.05, 3.63) is 69.2 Å². The summed E-state index contributed by atoms with van der Waals surface area (Å²) in [7, 11) is 0. The Morgan fingerprint density at radius 2 is 1.97 bits per heavy atom. The first kappa shape index (κ1) is 21.9. The van der Waals surface area contributed by atoms with Crippen LogP contribution in [-0.2, 0) is 0 Å². The Balaban J connectivity index is 0.00000300. The Hall–Kier alpha value is -3.37. The number of guanidine groups is 2. The highest BCUT2D eigenvalue weighted by Gasteiger charge is 2.26. The van der Waals surface area contributed by atoms with Gasteiger partial charge in [-0.3, -0.25) is 19.8 Å². The lowest BCUT2D eigenvalue weighted by atomic mass is 10.2. The van der Waals surface area contributed by atoms with Gasteiger partial charge in [-0.2, -0.15) is 4.99 Å². The number of non-ortho nitro benzene ring substituents is 1.